The van der Waals surface area contributed by atoms with E-state index in [1.165, 1.54) is 6.42 Å². The van der Waals surface area contributed by atoms with Crippen molar-refractivity contribution in [2.75, 3.05) is 18.5 Å². The minimum Gasteiger partial charge on any atom is -0.491 e. The largest absolute Gasteiger partial charge is 0.491 e. The first kappa shape index (κ1) is 18.1. The van der Waals surface area contributed by atoms with Gasteiger partial charge in [0.1, 0.15) is 12.4 Å². The summed E-state index contributed by atoms with van der Waals surface area (Å²) in [5.74, 6) is 0.764. The fourth-order valence-electron chi connectivity index (χ4n) is 2.62. The summed E-state index contributed by atoms with van der Waals surface area (Å²) in [7, 11) is 0. The van der Waals surface area contributed by atoms with Gasteiger partial charge in [0.05, 0.1) is 30.2 Å². The molecule has 2 heterocycles. The number of aryl methyl sites for hydroxylation is 1. The second-order valence-electron chi connectivity index (χ2n) is 6.28. The van der Waals surface area contributed by atoms with Crippen LogP contribution in [0.3, 0.4) is 0 Å². The lowest BCUT2D eigenvalue weighted by molar-refractivity contribution is -0.0110. The average Bonchev–Trinajstić information content (AvgIpc) is 2.68. The molecule has 3 rings (SSSR count). The second kappa shape index (κ2) is 9.15. The van der Waals surface area contributed by atoms with Crippen LogP contribution in [0.4, 0.5) is 10.5 Å². The van der Waals surface area contributed by atoms with Crippen molar-refractivity contribution in [3.05, 3.63) is 48.0 Å². The minimum absolute atomic E-state index is 0.178. The Bertz CT molecular complexity index is 698. The lowest BCUT2D eigenvalue weighted by atomic mass is 10.1. The predicted octanol–water partition coefficient (Wildman–Crippen LogP) is 3.05. The Kier molecular flexibility index (Phi) is 6.38. The number of ether oxygens (including phenoxy) is 2. The van der Waals surface area contributed by atoms with Gasteiger partial charge in [0, 0.05) is 18.5 Å². The summed E-state index contributed by atoms with van der Waals surface area (Å²) in [6, 6.07) is 7.00. The van der Waals surface area contributed by atoms with Crippen LogP contribution < -0.4 is 15.4 Å². The van der Waals surface area contributed by atoms with E-state index in [4.69, 9.17) is 9.47 Å². The van der Waals surface area contributed by atoms with Crippen LogP contribution in [0, 0.1) is 6.92 Å². The molecule has 1 aliphatic rings. The summed E-state index contributed by atoms with van der Waals surface area (Å²) in [5, 5.41) is 5.53. The molecule has 2 aromatic rings. The van der Waals surface area contributed by atoms with Crippen molar-refractivity contribution in [2.45, 2.75) is 38.8 Å². The number of urea groups is 1. The van der Waals surface area contributed by atoms with E-state index in [0.29, 0.717) is 24.5 Å². The van der Waals surface area contributed by atoms with Crippen LogP contribution in [0.15, 0.2) is 36.7 Å². The zero-order chi connectivity index (χ0) is 18.2. The highest BCUT2D eigenvalue weighted by atomic mass is 16.5. The molecule has 1 atom stereocenters. The van der Waals surface area contributed by atoms with Crippen molar-refractivity contribution in [1.29, 1.82) is 0 Å². The van der Waals surface area contributed by atoms with Gasteiger partial charge in [-0.25, -0.2) is 4.79 Å². The van der Waals surface area contributed by atoms with Gasteiger partial charge in [-0.05, 0) is 50.5 Å². The molecule has 0 bridgehead atoms. The maximum Gasteiger partial charge on any atom is 0.319 e. The van der Waals surface area contributed by atoms with Crippen LogP contribution in [0.2, 0.25) is 0 Å². The summed E-state index contributed by atoms with van der Waals surface area (Å²) >= 11 is 0. The fraction of sp³-hybridized carbons (Fsp3) is 0.421. The van der Waals surface area contributed by atoms with Crippen molar-refractivity contribution in [3.63, 3.8) is 0 Å². The van der Waals surface area contributed by atoms with Gasteiger partial charge < -0.3 is 20.1 Å². The molecule has 7 heteroatoms. The van der Waals surface area contributed by atoms with Gasteiger partial charge in [0.25, 0.3) is 0 Å². The molecule has 1 saturated heterocycles. The molecule has 0 aliphatic carbocycles. The Labute approximate surface area is 153 Å². The third-order valence-electron chi connectivity index (χ3n) is 4.09. The molecular weight excluding hydrogens is 332 g/mol. The van der Waals surface area contributed by atoms with E-state index in [1.54, 1.807) is 12.4 Å². The number of hydrogen-bond acceptors (Lipinski definition) is 5. The normalized spacial score (nSPS) is 16.7. The molecule has 26 heavy (non-hydrogen) atoms. The molecule has 2 amide bonds. The zero-order valence-corrected chi connectivity index (χ0v) is 14.9. The van der Waals surface area contributed by atoms with Gasteiger partial charge in [0.15, 0.2) is 0 Å². The Morgan fingerprint density at radius 2 is 2.08 bits per heavy atom. The fourth-order valence-corrected chi connectivity index (χ4v) is 2.62. The third-order valence-corrected chi connectivity index (χ3v) is 4.09. The summed E-state index contributed by atoms with van der Waals surface area (Å²) in [5.41, 5.74) is 2.24. The smallest absolute Gasteiger partial charge is 0.319 e. The molecule has 1 aliphatic heterocycles. The van der Waals surface area contributed by atoms with E-state index in [-0.39, 0.29) is 12.1 Å². The molecule has 0 radical (unpaired) electrons. The van der Waals surface area contributed by atoms with Crippen LogP contribution in [0.1, 0.15) is 30.7 Å². The highest BCUT2D eigenvalue weighted by molar-refractivity contribution is 5.89. The molecule has 1 fully saturated rings. The molecular formula is C19H24N4O3. The first-order chi connectivity index (χ1) is 12.7. The summed E-state index contributed by atoms with van der Waals surface area (Å²) < 4.78 is 11.4. The third kappa shape index (κ3) is 5.70. The maximum absolute atomic E-state index is 12.0. The Morgan fingerprint density at radius 3 is 2.77 bits per heavy atom. The first-order valence-electron chi connectivity index (χ1n) is 8.86. The van der Waals surface area contributed by atoms with Gasteiger partial charge in [-0.2, -0.15) is 0 Å². The highest BCUT2D eigenvalue weighted by Crippen LogP contribution is 2.18. The number of rotatable bonds is 6. The van der Waals surface area contributed by atoms with E-state index in [2.05, 4.69) is 20.6 Å². The van der Waals surface area contributed by atoms with Crippen LogP contribution in [-0.4, -0.2) is 35.3 Å². The average molecular weight is 356 g/mol. The number of carbonyl (C=O) groups is 1. The van der Waals surface area contributed by atoms with E-state index in [1.807, 2.05) is 31.2 Å². The van der Waals surface area contributed by atoms with Gasteiger partial charge in [-0.1, -0.05) is 0 Å². The quantitative estimate of drug-likeness (QED) is 0.831. The second-order valence-corrected chi connectivity index (χ2v) is 6.28. The topological polar surface area (TPSA) is 85.4 Å². The number of amides is 2. The van der Waals surface area contributed by atoms with Crippen molar-refractivity contribution >= 4 is 11.7 Å². The molecule has 7 nitrogen and oxygen atoms in total. The molecule has 138 valence electrons. The van der Waals surface area contributed by atoms with Gasteiger partial charge in [-0.3, -0.25) is 9.97 Å². The number of nitrogens with one attached hydrogen (secondary N) is 2. The minimum atomic E-state index is -0.295. The summed E-state index contributed by atoms with van der Waals surface area (Å²) in [6.07, 6.45) is 6.88. The molecule has 1 aromatic carbocycles. The number of benzene rings is 1. The van der Waals surface area contributed by atoms with E-state index in [0.717, 1.165) is 30.9 Å². The number of nitrogens with zero attached hydrogens (tertiary/aromatic N) is 2. The molecule has 0 unspecified atom stereocenters. The standard InChI is InChI=1S/C19H24N4O3/c1-14-10-21-16(11-20-14)12-22-19(24)23-15-5-7-17(8-6-15)26-13-18-4-2-3-9-25-18/h5-8,10-11,18H,2-4,9,12-13H2,1H3,(H2,22,23,24)/t18-/m0/s1. The molecule has 0 spiro atoms. The number of anilines is 1. The SMILES string of the molecule is Cc1cnc(CNC(=O)Nc2ccc(OC[C@@H]3CCCCO3)cc2)cn1. The summed E-state index contributed by atoms with van der Waals surface area (Å²) in [4.78, 5) is 20.3. The maximum atomic E-state index is 12.0. The van der Waals surface area contributed by atoms with Gasteiger partial charge >= 0.3 is 6.03 Å². The van der Waals surface area contributed by atoms with Crippen molar-refractivity contribution in [3.8, 4) is 5.75 Å². The molecule has 1 aromatic heterocycles. The molecule has 2 N–H and O–H groups in total. The summed E-state index contributed by atoms with van der Waals surface area (Å²) in [6.45, 7) is 3.57. The van der Waals surface area contributed by atoms with Crippen LogP contribution in [-0.2, 0) is 11.3 Å². The van der Waals surface area contributed by atoms with Gasteiger partial charge in [-0.15, -0.1) is 0 Å². The monoisotopic (exact) mass is 356 g/mol. The molecule has 0 saturated carbocycles. The lowest BCUT2D eigenvalue weighted by Gasteiger charge is -2.22. The van der Waals surface area contributed by atoms with E-state index >= 15 is 0 Å². The van der Waals surface area contributed by atoms with Crippen LogP contribution >= 0.6 is 0 Å². The lowest BCUT2D eigenvalue weighted by Crippen LogP contribution is -2.28. The van der Waals surface area contributed by atoms with Gasteiger partial charge in [0.2, 0.25) is 0 Å². The van der Waals surface area contributed by atoms with Crippen molar-refractivity contribution in [2.24, 2.45) is 0 Å². The number of carbonyl (C=O) groups excluding carboxylic acids is 1. The zero-order valence-electron chi connectivity index (χ0n) is 14.9. The Morgan fingerprint density at radius 1 is 1.23 bits per heavy atom. The Hall–Kier alpha value is -2.67. The first-order valence-corrected chi connectivity index (χ1v) is 8.86. The van der Waals surface area contributed by atoms with Crippen LogP contribution in [0.25, 0.3) is 0 Å². The van der Waals surface area contributed by atoms with E-state index in [9.17, 15) is 4.79 Å². The van der Waals surface area contributed by atoms with Crippen molar-refractivity contribution in [1.82, 2.24) is 15.3 Å². The van der Waals surface area contributed by atoms with E-state index < -0.39 is 0 Å². The van der Waals surface area contributed by atoms with Crippen LogP contribution in [0.5, 0.6) is 5.75 Å². The Balaban J connectivity index is 1.41. The number of hydrogen-bond donors (Lipinski definition) is 2. The van der Waals surface area contributed by atoms with Crippen molar-refractivity contribution < 1.29 is 14.3 Å². The predicted molar refractivity (Wildman–Crippen MR) is 98.2 cm³/mol. The highest BCUT2D eigenvalue weighted by Gasteiger charge is 2.14. The number of aromatic nitrogens is 2.